The van der Waals surface area contributed by atoms with E-state index in [0.29, 0.717) is 28.4 Å². The second-order valence-corrected chi connectivity index (χ2v) is 10.7. The lowest BCUT2D eigenvalue weighted by Gasteiger charge is -2.19. The van der Waals surface area contributed by atoms with E-state index in [-0.39, 0.29) is 5.69 Å². The molecule has 0 amide bonds. The van der Waals surface area contributed by atoms with Crippen molar-refractivity contribution in [1.29, 1.82) is 0 Å². The van der Waals surface area contributed by atoms with Crippen LogP contribution in [0.15, 0.2) is 94.3 Å². The lowest BCUT2D eigenvalue weighted by atomic mass is 10.1. The molecule has 36 heavy (non-hydrogen) atoms. The quantitative estimate of drug-likeness (QED) is 0.252. The highest BCUT2D eigenvalue weighted by Gasteiger charge is 2.34. The SMILES string of the molecule is CN(C)CCNS(=O)c1ccc(-c2ccc(-c3ccc(Br)cc3)n2-c2ccccc2C(F)(F)F)cc1. The predicted molar refractivity (Wildman–Crippen MR) is 142 cm³/mol. The highest BCUT2D eigenvalue weighted by Crippen LogP contribution is 2.39. The van der Waals surface area contributed by atoms with Gasteiger partial charge in [-0.2, -0.15) is 13.2 Å². The molecule has 1 N–H and O–H groups in total. The van der Waals surface area contributed by atoms with Crippen molar-refractivity contribution in [3.63, 3.8) is 0 Å². The minimum absolute atomic E-state index is 0.0425. The maximum atomic E-state index is 14.0. The number of hydrogen-bond acceptors (Lipinski definition) is 2. The van der Waals surface area contributed by atoms with Crippen molar-refractivity contribution in [3.05, 3.63) is 95.0 Å². The summed E-state index contributed by atoms with van der Waals surface area (Å²) in [4.78, 5) is 2.59. The summed E-state index contributed by atoms with van der Waals surface area (Å²) in [6.07, 6.45) is -4.52. The Morgan fingerprint density at radius 1 is 0.861 bits per heavy atom. The van der Waals surface area contributed by atoms with Crippen LogP contribution in [-0.4, -0.2) is 40.9 Å². The fourth-order valence-electron chi connectivity index (χ4n) is 3.87. The van der Waals surface area contributed by atoms with Crippen LogP contribution in [0.5, 0.6) is 0 Å². The zero-order chi connectivity index (χ0) is 25.9. The molecule has 4 rings (SSSR count). The highest BCUT2D eigenvalue weighted by molar-refractivity contribution is 9.10. The van der Waals surface area contributed by atoms with Crippen LogP contribution in [-0.2, 0) is 17.2 Å². The van der Waals surface area contributed by atoms with Crippen molar-refractivity contribution >= 4 is 26.9 Å². The lowest BCUT2D eigenvalue weighted by molar-refractivity contribution is -0.137. The number of hydrogen-bond donors (Lipinski definition) is 1. The summed E-state index contributed by atoms with van der Waals surface area (Å²) < 4.78 is 60.0. The molecule has 0 saturated heterocycles. The Labute approximate surface area is 219 Å². The number of para-hydroxylation sites is 1. The van der Waals surface area contributed by atoms with E-state index in [1.54, 1.807) is 34.9 Å². The summed E-state index contributed by atoms with van der Waals surface area (Å²) in [6, 6.07) is 23.7. The van der Waals surface area contributed by atoms with Gasteiger partial charge >= 0.3 is 6.18 Å². The molecule has 0 spiro atoms. The summed E-state index contributed by atoms with van der Waals surface area (Å²) in [5.41, 5.74) is 2.05. The number of nitrogens with one attached hydrogen (secondary N) is 1. The van der Waals surface area contributed by atoms with Gasteiger partial charge in [-0.1, -0.05) is 52.3 Å². The van der Waals surface area contributed by atoms with Crippen LogP contribution in [0.1, 0.15) is 5.56 Å². The van der Waals surface area contributed by atoms with Gasteiger partial charge in [0, 0.05) is 17.6 Å². The van der Waals surface area contributed by atoms with E-state index in [1.165, 1.54) is 12.1 Å². The summed E-state index contributed by atoms with van der Waals surface area (Å²) in [5, 5.41) is 0. The molecule has 0 radical (unpaired) electrons. The number of likely N-dealkylation sites (N-methyl/N-ethyl adjacent to an activating group) is 1. The van der Waals surface area contributed by atoms with Crippen LogP contribution in [0.25, 0.3) is 28.2 Å². The first kappa shape index (κ1) is 26.3. The van der Waals surface area contributed by atoms with Crippen molar-refractivity contribution in [2.75, 3.05) is 27.2 Å². The Kier molecular flexibility index (Phi) is 8.14. The van der Waals surface area contributed by atoms with E-state index < -0.39 is 22.7 Å². The molecule has 1 heterocycles. The van der Waals surface area contributed by atoms with E-state index in [9.17, 15) is 17.4 Å². The third-order valence-corrected chi connectivity index (χ3v) is 7.32. The second kappa shape index (κ2) is 11.1. The van der Waals surface area contributed by atoms with Crippen molar-refractivity contribution < 1.29 is 17.4 Å². The third-order valence-electron chi connectivity index (χ3n) is 5.63. The van der Waals surface area contributed by atoms with Gasteiger partial charge in [0.15, 0.2) is 0 Å². The minimum Gasteiger partial charge on any atom is -0.309 e. The molecule has 1 atom stereocenters. The first-order valence-corrected chi connectivity index (χ1v) is 13.1. The Morgan fingerprint density at radius 3 is 1.97 bits per heavy atom. The maximum absolute atomic E-state index is 14.0. The van der Waals surface area contributed by atoms with E-state index >= 15 is 0 Å². The Morgan fingerprint density at radius 2 is 1.42 bits per heavy atom. The van der Waals surface area contributed by atoms with Crippen LogP contribution in [0.3, 0.4) is 0 Å². The van der Waals surface area contributed by atoms with Crippen molar-refractivity contribution in [2.24, 2.45) is 0 Å². The topological polar surface area (TPSA) is 37.3 Å². The lowest BCUT2D eigenvalue weighted by Crippen LogP contribution is -2.27. The fraction of sp³-hybridized carbons (Fsp3) is 0.185. The molecular formula is C27H25BrF3N3OS. The highest BCUT2D eigenvalue weighted by atomic mass is 79.9. The van der Waals surface area contributed by atoms with Crippen LogP contribution >= 0.6 is 15.9 Å². The van der Waals surface area contributed by atoms with Gasteiger partial charge < -0.3 is 9.47 Å². The van der Waals surface area contributed by atoms with E-state index in [4.69, 9.17) is 0 Å². The molecule has 4 nitrogen and oxygen atoms in total. The molecule has 1 aromatic heterocycles. The molecule has 1 unspecified atom stereocenters. The third kappa shape index (κ3) is 5.98. The molecule has 188 valence electrons. The molecule has 9 heteroatoms. The molecule has 3 aromatic carbocycles. The zero-order valence-corrected chi connectivity index (χ0v) is 22.1. The standard InChI is InChI=1S/C27H25BrF3N3OS/c1-33(2)18-17-32-36(35)22-13-9-20(10-14-22)25-16-15-24(19-7-11-21(28)12-8-19)34(25)26-6-4-3-5-23(26)27(29,30)31/h3-16,32H,17-18H2,1-2H3. The normalized spacial score (nSPS) is 12.8. The molecule has 0 aliphatic carbocycles. The van der Waals surface area contributed by atoms with Gasteiger partial charge in [-0.15, -0.1) is 0 Å². The summed E-state index contributed by atoms with van der Waals surface area (Å²) in [6.45, 7) is 1.31. The Bertz CT molecular complexity index is 1350. The van der Waals surface area contributed by atoms with Crippen LogP contribution < -0.4 is 4.72 Å². The second-order valence-electron chi connectivity index (χ2n) is 8.45. The number of benzene rings is 3. The van der Waals surface area contributed by atoms with Gasteiger partial charge in [0.2, 0.25) is 0 Å². The number of halogens is 4. The van der Waals surface area contributed by atoms with Gasteiger partial charge in [-0.3, -0.25) is 0 Å². The maximum Gasteiger partial charge on any atom is 0.418 e. The minimum atomic E-state index is -4.52. The molecule has 0 fully saturated rings. The average Bonchev–Trinajstić information content (AvgIpc) is 3.29. The fourth-order valence-corrected chi connectivity index (χ4v) is 4.96. The number of alkyl halides is 3. The number of nitrogens with zero attached hydrogens (tertiary/aromatic N) is 2. The molecule has 0 aliphatic rings. The summed E-state index contributed by atoms with van der Waals surface area (Å²) >= 11 is 3.41. The summed E-state index contributed by atoms with van der Waals surface area (Å²) in [7, 11) is 2.49. The van der Waals surface area contributed by atoms with Crippen molar-refractivity contribution in [2.45, 2.75) is 11.1 Å². The number of rotatable bonds is 8. The molecule has 4 aromatic rings. The smallest absolute Gasteiger partial charge is 0.309 e. The van der Waals surface area contributed by atoms with Gasteiger partial charge in [-0.05, 0) is 73.8 Å². The van der Waals surface area contributed by atoms with Gasteiger partial charge in [0.1, 0.15) is 11.0 Å². The molecule has 0 aliphatic heterocycles. The number of aromatic nitrogens is 1. The first-order valence-electron chi connectivity index (χ1n) is 11.2. The first-order chi connectivity index (χ1) is 17.1. The molecule has 0 bridgehead atoms. The van der Waals surface area contributed by atoms with Crippen LogP contribution in [0.2, 0.25) is 0 Å². The summed E-state index contributed by atoms with van der Waals surface area (Å²) in [5.74, 6) is 0. The molecular weight excluding hydrogens is 551 g/mol. The van der Waals surface area contributed by atoms with E-state index in [1.807, 2.05) is 55.4 Å². The zero-order valence-electron chi connectivity index (χ0n) is 19.7. The Hall–Kier alpha value is -2.72. The van der Waals surface area contributed by atoms with Gasteiger partial charge in [0.25, 0.3) is 0 Å². The Balaban J connectivity index is 1.79. The monoisotopic (exact) mass is 575 g/mol. The predicted octanol–water partition coefficient (Wildman–Crippen LogP) is 6.77. The van der Waals surface area contributed by atoms with Gasteiger partial charge in [0.05, 0.1) is 27.5 Å². The van der Waals surface area contributed by atoms with Crippen molar-refractivity contribution in [3.8, 4) is 28.2 Å². The molecule has 0 saturated carbocycles. The van der Waals surface area contributed by atoms with Gasteiger partial charge in [-0.25, -0.2) is 8.93 Å². The average molecular weight is 576 g/mol. The van der Waals surface area contributed by atoms with Crippen molar-refractivity contribution in [1.82, 2.24) is 14.2 Å². The van der Waals surface area contributed by atoms with Crippen LogP contribution in [0, 0.1) is 0 Å². The largest absolute Gasteiger partial charge is 0.418 e. The van der Waals surface area contributed by atoms with Crippen LogP contribution in [0.4, 0.5) is 13.2 Å². The van der Waals surface area contributed by atoms with E-state index in [2.05, 4.69) is 20.7 Å². The van der Waals surface area contributed by atoms with E-state index in [0.717, 1.165) is 22.6 Å².